The zero-order chi connectivity index (χ0) is 25.5. The largest absolute Gasteiger partial charge is 0.508 e. The van der Waals surface area contributed by atoms with Crippen LogP contribution in [0.25, 0.3) is 0 Å². The summed E-state index contributed by atoms with van der Waals surface area (Å²) >= 11 is 0. The van der Waals surface area contributed by atoms with E-state index < -0.39 is 36.5 Å². The predicted octanol–water partition coefficient (Wildman–Crippen LogP) is 1.78. The number of hydrogen-bond donors (Lipinski definition) is 6. The third-order valence-corrected chi connectivity index (χ3v) is 5.15. The summed E-state index contributed by atoms with van der Waals surface area (Å²) in [6.07, 6.45) is -1.40. The molecule has 2 aromatic rings. The number of nitrogens with zero attached hydrogens (tertiary/aromatic N) is 1. The van der Waals surface area contributed by atoms with Gasteiger partial charge in [0.1, 0.15) is 11.9 Å². The van der Waals surface area contributed by atoms with Crippen molar-refractivity contribution in [3.63, 3.8) is 0 Å². The van der Waals surface area contributed by atoms with Gasteiger partial charge in [-0.05, 0) is 31.5 Å². The van der Waals surface area contributed by atoms with E-state index in [2.05, 4.69) is 26.3 Å². The first-order valence-electron chi connectivity index (χ1n) is 11.0. The lowest BCUT2D eigenvalue weighted by molar-refractivity contribution is -0.137. The fourth-order valence-corrected chi connectivity index (χ4v) is 3.70. The first-order chi connectivity index (χ1) is 16.6. The van der Waals surface area contributed by atoms with Crippen molar-refractivity contribution in [1.82, 2.24) is 16.0 Å². The number of carbonyl (C=O) groups is 3. The van der Waals surface area contributed by atoms with Crippen LogP contribution in [0.2, 0.25) is 0 Å². The number of aliphatic imine (C=N–C) groups is 1. The van der Waals surface area contributed by atoms with E-state index in [0.29, 0.717) is 17.2 Å². The van der Waals surface area contributed by atoms with Gasteiger partial charge in [0.05, 0.1) is 32.1 Å². The van der Waals surface area contributed by atoms with Crippen LogP contribution in [0.15, 0.2) is 41.4 Å². The van der Waals surface area contributed by atoms with Crippen LogP contribution >= 0.6 is 0 Å². The molecule has 35 heavy (non-hydrogen) atoms. The predicted molar refractivity (Wildman–Crippen MR) is 128 cm³/mol. The van der Waals surface area contributed by atoms with E-state index >= 15 is 0 Å². The van der Waals surface area contributed by atoms with E-state index in [1.165, 1.54) is 18.2 Å². The summed E-state index contributed by atoms with van der Waals surface area (Å²) in [5, 5.41) is 30.0. The number of halogens is 1. The second-order valence-electron chi connectivity index (χ2n) is 8.38. The number of anilines is 1. The highest BCUT2D eigenvalue weighted by molar-refractivity contribution is 6.00. The summed E-state index contributed by atoms with van der Waals surface area (Å²) in [5.74, 6) is -2.14. The molecule has 11 heteroatoms. The zero-order valence-electron chi connectivity index (χ0n) is 19.4. The first-order valence-corrected chi connectivity index (χ1v) is 11.0. The Hall–Kier alpha value is -4.15. The number of carboxylic acid groups (broad SMARTS) is 1. The molecule has 0 aromatic heterocycles. The van der Waals surface area contributed by atoms with E-state index in [0.717, 1.165) is 11.1 Å². The second kappa shape index (κ2) is 11.3. The average Bonchev–Trinajstić information content (AvgIpc) is 2.77. The number of hydrogen-bond acceptors (Lipinski definition) is 7. The maximum Gasteiger partial charge on any atom is 0.305 e. The average molecular weight is 486 g/mol. The summed E-state index contributed by atoms with van der Waals surface area (Å²) < 4.78 is 13.2. The Labute approximate surface area is 201 Å². The van der Waals surface area contributed by atoms with Gasteiger partial charge in [-0.3, -0.25) is 14.4 Å². The Morgan fingerprint density at radius 3 is 2.49 bits per heavy atom. The van der Waals surface area contributed by atoms with Crippen molar-refractivity contribution in [2.75, 3.05) is 25.0 Å². The lowest BCUT2D eigenvalue weighted by atomic mass is 9.99. The van der Waals surface area contributed by atoms with E-state index in [1.807, 2.05) is 19.9 Å². The van der Waals surface area contributed by atoms with Crippen LogP contribution in [0.5, 0.6) is 5.75 Å². The zero-order valence-corrected chi connectivity index (χ0v) is 19.4. The molecular formula is C24H28FN5O5. The van der Waals surface area contributed by atoms with E-state index in [4.69, 9.17) is 0 Å². The van der Waals surface area contributed by atoms with Crippen LogP contribution in [0.4, 0.5) is 10.1 Å². The SMILES string of the molecule is Cc1cc(C)cc([C@@H](CC(=O)O)NC(=O)CNC(=O)c2cc(O)cc(NC3=NCC(F)CN3)c2)c1. The Bertz CT molecular complexity index is 1130. The molecule has 0 spiro atoms. The van der Waals surface area contributed by atoms with E-state index in [-0.39, 0.29) is 30.8 Å². The van der Waals surface area contributed by atoms with Gasteiger partial charge < -0.3 is 31.5 Å². The molecule has 1 aliphatic heterocycles. The molecule has 186 valence electrons. The molecule has 0 bridgehead atoms. The summed E-state index contributed by atoms with van der Waals surface area (Å²) in [7, 11) is 0. The van der Waals surface area contributed by atoms with E-state index in [9.17, 15) is 29.0 Å². The van der Waals surface area contributed by atoms with Gasteiger partial charge in [0.25, 0.3) is 5.91 Å². The minimum atomic E-state index is -1.08. The number of carbonyl (C=O) groups excluding carboxylic acids is 2. The van der Waals surface area contributed by atoms with Crippen molar-refractivity contribution in [3.8, 4) is 5.75 Å². The van der Waals surface area contributed by atoms with Gasteiger partial charge >= 0.3 is 5.97 Å². The molecule has 0 saturated heterocycles. The highest BCUT2D eigenvalue weighted by Crippen LogP contribution is 2.21. The molecule has 0 saturated carbocycles. The van der Waals surface area contributed by atoms with Crippen LogP contribution in [0.3, 0.4) is 0 Å². The van der Waals surface area contributed by atoms with Crippen LogP contribution in [0, 0.1) is 13.8 Å². The molecule has 0 fully saturated rings. The highest BCUT2D eigenvalue weighted by Gasteiger charge is 2.20. The number of guanidine groups is 1. The summed E-state index contributed by atoms with van der Waals surface area (Å²) in [6.45, 7) is 3.46. The lowest BCUT2D eigenvalue weighted by Gasteiger charge is -2.19. The number of nitrogens with one attached hydrogen (secondary N) is 4. The molecule has 10 nitrogen and oxygen atoms in total. The molecule has 2 atom stereocenters. The number of benzene rings is 2. The smallest absolute Gasteiger partial charge is 0.305 e. The fourth-order valence-electron chi connectivity index (χ4n) is 3.70. The Kier molecular flexibility index (Phi) is 8.24. The maximum atomic E-state index is 13.2. The van der Waals surface area contributed by atoms with Crippen molar-refractivity contribution < 1.29 is 29.0 Å². The number of rotatable bonds is 8. The number of phenolic OH excluding ortho intramolecular Hbond substituents is 1. The number of amides is 2. The van der Waals surface area contributed by atoms with Gasteiger partial charge in [-0.2, -0.15) is 0 Å². The Balaban J connectivity index is 1.63. The molecule has 0 radical (unpaired) electrons. The quantitative estimate of drug-likeness (QED) is 0.333. The number of aliphatic carboxylic acids is 1. The summed E-state index contributed by atoms with van der Waals surface area (Å²) in [6, 6.07) is 8.84. The maximum absolute atomic E-state index is 13.2. The van der Waals surface area contributed by atoms with Gasteiger partial charge in [0, 0.05) is 17.3 Å². The molecular weight excluding hydrogens is 457 g/mol. The highest BCUT2D eigenvalue weighted by atomic mass is 19.1. The third-order valence-electron chi connectivity index (χ3n) is 5.15. The van der Waals surface area contributed by atoms with Gasteiger partial charge in [-0.1, -0.05) is 29.3 Å². The summed E-state index contributed by atoms with van der Waals surface area (Å²) in [5.41, 5.74) is 2.96. The van der Waals surface area contributed by atoms with Crippen LogP contribution < -0.4 is 21.3 Å². The van der Waals surface area contributed by atoms with Crippen molar-refractivity contribution >= 4 is 29.4 Å². The Morgan fingerprint density at radius 2 is 1.86 bits per heavy atom. The normalized spacial score (nSPS) is 15.9. The van der Waals surface area contributed by atoms with Gasteiger partial charge in [0.15, 0.2) is 5.96 Å². The molecule has 2 aromatic carbocycles. The van der Waals surface area contributed by atoms with Crippen molar-refractivity contribution in [2.45, 2.75) is 32.5 Å². The third kappa shape index (κ3) is 7.70. The molecule has 0 aliphatic carbocycles. The first kappa shape index (κ1) is 25.5. The molecule has 1 heterocycles. The minimum Gasteiger partial charge on any atom is -0.508 e. The minimum absolute atomic E-state index is 0.00158. The molecule has 1 aliphatic rings. The van der Waals surface area contributed by atoms with E-state index in [1.54, 1.807) is 12.1 Å². The summed E-state index contributed by atoms with van der Waals surface area (Å²) in [4.78, 5) is 40.4. The van der Waals surface area contributed by atoms with Crippen LogP contribution in [0.1, 0.15) is 39.5 Å². The number of phenols is 1. The number of alkyl halides is 1. The number of aromatic hydroxyl groups is 1. The van der Waals surface area contributed by atoms with Gasteiger partial charge in [-0.15, -0.1) is 0 Å². The van der Waals surface area contributed by atoms with Gasteiger partial charge in [0.2, 0.25) is 5.91 Å². The lowest BCUT2D eigenvalue weighted by Crippen LogP contribution is -2.41. The number of aryl methyl sites for hydroxylation is 2. The Morgan fingerprint density at radius 1 is 1.14 bits per heavy atom. The number of carboxylic acids is 1. The van der Waals surface area contributed by atoms with Crippen molar-refractivity contribution in [2.24, 2.45) is 4.99 Å². The van der Waals surface area contributed by atoms with Crippen molar-refractivity contribution in [3.05, 3.63) is 58.7 Å². The van der Waals surface area contributed by atoms with Crippen LogP contribution in [-0.4, -0.2) is 59.8 Å². The fraction of sp³-hybridized carbons (Fsp3) is 0.333. The molecule has 3 rings (SSSR count). The standard InChI is InChI=1S/C24H28FN5O5/c1-13-3-14(2)5-15(4-13)20(9-22(33)34)30-21(32)12-26-23(35)16-6-18(8-19(31)7-16)29-24-27-10-17(25)11-28-24/h3-8,17,20,31H,9-12H2,1-2H3,(H,26,35)(H,30,32)(H,33,34)(H2,27,28,29)/t20-/m1/s1. The molecule has 2 amide bonds. The molecule has 1 unspecified atom stereocenters. The second-order valence-corrected chi connectivity index (χ2v) is 8.38. The molecule has 6 N–H and O–H groups in total. The monoisotopic (exact) mass is 485 g/mol. The van der Waals surface area contributed by atoms with Crippen LogP contribution in [-0.2, 0) is 9.59 Å². The topological polar surface area (TPSA) is 152 Å². The van der Waals surface area contributed by atoms with Gasteiger partial charge in [-0.25, -0.2) is 9.38 Å². The van der Waals surface area contributed by atoms with Crippen molar-refractivity contribution in [1.29, 1.82) is 0 Å².